The molecule has 0 spiro atoms. The first-order valence-electron chi connectivity index (χ1n) is 5.95. The van der Waals surface area contributed by atoms with Crippen molar-refractivity contribution < 1.29 is 8.42 Å². The van der Waals surface area contributed by atoms with Crippen LogP contribution in [0.2, 0.25) is 0 Å². The molecule has 20 heavy (non-hydrogen) atoms. The van der Waals surface area contributed by atoms with E-state index >= 15 is 0 Å². The Bertz CT molecular complexity index is 668. The molecule has 0 radical (unpaired) electrons. The third kappa shape index (κ3) is 4.02. The highest BCUT2D eigenvalue weighted by Gasteiger charge is 2.14. The molecule has 0 aliphatic rings. The molecule has 8 heteroatoms. The summed E-state index contributed by atoms with van der Waals surface area (Å²) >= 11 is 4.84. The van der Waals surface area contributed by atoms with E-state index in [0.717, 1.165) is 15.2 Å². The molecule has 0 bridgehead atoms. The van der Waals surface area contributed by atoms with Crippen molar-refractivity contribution in [1.82, 2.24) is 9.71 Å². The maximum Gasteiger partial charge on any atom is 0.242 e. The van der Waals surface area contributed by atoms with Gasteiger partial charge in [-0.2, -0.15) is 0 Å². The molecule has 2 rings (SSSR count). The summed E-state index contributed by atoms with van der Waals surface area (Å²) in [5.41, 5.74) is 0. The van der Waals surface area contributed by atoms with Gasteiger partial charge in [0.1, 0.15) is 10.7 Å². The minimum Gasteiger partial charge on any atom is -0.370 e. The summed E-state index contributed by atoms with van der Waals surface area (Å²) in [7, 11) is -3.53. The molecule has 5 nitrogen and oxygen atoms in total. The Labute approximate surface area is 130 Å². The van der Waals surface area contributed by atoms with E-state index in [1.165, 1.54) is 23.6 Å². The number of aromatic nitrogens is 1. The number of hydrogen-bond donors (Lipinski definition) is 2. The first-order valence-corrected chi connectivity index (χ1v) is 9.04. The lowest BCUT2D eigenvalue weighted by Gasteiger charge is -2.06. The fourth-order valence-corrected chi connectivity index (χ4v) is 3.99. The van der Waals surface area contributed by atoms with Gasteiger partial charge in [-0.3, -0.25) is 0 Å². The van der Waals surface area contributed by atoms with Crippen molar-refractivity contribution in [3.63, 3.8) is 0 Å². The minimum atomic E-state index is -3.53. The normalized spacial score (nSPS) is 11.5. The summed E-state index contributed by atoms with van der Waals surface area (Å²) in [5.74, 6) is 0.661. The van der Waals surface area contributed by atoms with Gasteiger partial charge in [-0.1, -0.05) is 0 Å². The van der Waals surface area contributed by atoms with Crippen molar-refractivity contribution in [3.05, 3.63) is 39.1 Å². The van der Waals surface area contributed by atoms with E-state index in [9.17, 15) is 8.42 Å². The van der Waals surface area contributed by atoms with E-state index < -0.39 is 10.0 Å². The zero-order chi connectivity index (χ0) is 14.6. The van der Waals surface area contributed by atoms with Gasteiger partial charge in [-0.15, -0.1) is 11.3 Å². The maximum absolute atomic E-state index is 12.1. The van der Waals surface area contributed by atoms with Crippen LogP contribution in [0.5, 0.6) is 0 Å². The van der Waals surface area contributed by atoms with Crippen LogP contribution >= 0.6 is 27.3 Å². The number of nitrogens with one attached hydrogen (secondary N) is 2. The van der Waals surface area contributed by atoms with Crippen LogP contribution in [0.15, 0.2) is 39.1 Å². The summed E-state index contributed by atoms with van der Waals surface area (Å²) in [5, 5.41) is 3.02. The monoisotopic (exact) mass is 375 g/mol. The number of anilines is 1. The maximum atomic E-state index is 12.1. The van der Waals surface area contributed by atoms with E-state index in [0.29, 0.717) is 5.82 Å². The first kappa shape index (κ1) is 15.4. The topological polar surface area (TPSA) is 71.1 Å². The number of thiophene rings is 1. The Balaban J connectivity index is 2.05. The fraction of sp³-hybridized carbons (Fsp3) is 0.250. The Hall–Kier alpha value is -0.960. The second kappa shape index (κ2) is 6.66. The lowest BCUT2D eigenvalue weighted by Crippen LogP contribution is -2.23. The smallest absolute Gasteiger partial charge is 0.242 e. The number of halogens is 1. The van der Waals surface area contributed by atoms with Crippen molar-refractivity contribution in [1.29, 1.82) is 0 Å². The highest BCUT2D eigenvalue weighted by atomic mass is 79.9. The molecule has 2 aromatic heterocycles. The first-order chi connectivity index (χ1) is 9.51. The molecule has 2 aromatic rings. The highest BCUT2D eigenvalue weighted by molar-refractivity contribution is 9.11. The summed E-state index contributed by atoms with van der Waals surface area (Å²) < 4.78 is 27.7. The molecule has 0 aliphatic heterocycles. The third-order valence-electron chi connectivity index (χ3n) is 2.47. The second-order valence-electron chi connectivity index (χ2n) is 3.94. The molecule has 0 aliphatic carbocycles. The van der Waals surface area contributed by atoms with Crippen LogP contribution in [0.3, 0.4) is 0 Å². The Morgan fingerprint density at radius 3 is 2.65 bits per heavy atom. The quantitative estimate of drug-likeness (QED) is 0.814. The Morgan fingerprint density at radius 2 is 2.10 bits per heavy atom. The van der Waals surface area contributed by atoms with Crippen molar-refractivity contribution in [3.8, 4) is 0 Å². The van der Waals surface area contributed by atoms with Crippen molar-refractivity contribution in [2.45, 2.75) is 18.4 Å². The average molecular weight is 376 g/mol. The van der Waals surface area contributed by atoms with Crippen molar-refractivity contribution >= 4 is 43.1 Å². The van der Waals surface area contributed by atoms with E-state index in [1.807, 2.05) is 19.1 Å². The predicted octanol–water partition coefficient (Wildman–Crippen LogP) is 2.82. The Morgan fingerprint density at radius 1 is 1.30 bits per heavy atom. The number of pyridine rings is 1. The molecule has 2 heterocycles. The zero-order valence-electron chi connectivity index (χ0n) is 10.8. The summed E-state index contributed by atoms with van der Waals surface area (Å²) in [6.07, 6.45) is 1.35. The van der Waals surface area contributed by atoms with Gasteiger partial charge >= 0.3 is 0 Å². The highest BCUT2D eigenvalue weighted by Crippen LogP contribution is 2.22. The van der Waals surface area contributed by atoms with Gasteiger partial charge in [-0.05, 0) is 47.1 Å². The summed E-state index contributed by atoms with van der Waals surface area (Å²) in [6, 6.07) is 6.96. The van der Waals surface area contributed by atoms with Crippen LogP contribution in [-0.4, -0.2) is 19.9 Å². The van der Waals surface area contributed by atoms with E-state index in [2.05, 4.69) is 31.0 Å². The van der Waals surface area contributed by atoms with Gasteiger partial charge in [0.2, 0.25) is 10.0 Å². The molecule has 0 saturated carbocycles. The second-order valence-corrected chi connectivity index (χ2v) is 8.25. The van der Waals surface area contributed by atoms with Crippen LogP contribution in [0.1, 0.15) is 11.8 Å². The van der Waals surface area contributed by atoms with Gasteiger partial charge in [0.15, 0.2) is 0 Å². The number of nitrogens with zero attached hydrogens (tertiary/aromatic N) is 1. The molecule has 0 amide bonds. The molecular formula is C12H14BrN3O2S2. The molecule has 0 atom stereocenters. The van der Waals surface area contributed by atoms with E-state index in [4.69, 9.17) is 0 Å². The van der Waals surface area contributed by atoms with Gasteiger partial charge in [-0.25, -0.2) is 18.1 Å². The van der Waals surface area contributed by atoms with Crippen LogP contribution in [-0.2, 0) is 16.6 Å². The van der Waals surface area contributed by atoms with E-state index in [-0.39, 0.29) is 11.4 Å². The third-order valence-corrected chi connectivity index (χ3v) is 5.48. The number of hydrogen-bond acceptors (Lipinski definition) is 5. The Kier molecular flexibility index (Phi) is 5.14. The van der Waals surface area contributed by atoms with Gasteiger partial charge in [0, 0.05) is 24.2 Å². The summed E-state index contributed by atoms with van der Waals surface area (Å²) in [4.78, 5) is 5.16. The van der Waals surface area contributed by atoms with Crippen LogP contribution in [0.25, 0.3) is 0 Å². The van der Waals surface area contributed by atoms with Crippen molar-refractivity contribution in [2.75, 3.05) is 11.9 Å². The molecule has 0 saturated heterocycles. The average Bonchev–Trinajstić information content (AvgIpc) is 2.84. The molecular weight excluding hydrogens is 362 g/mol. The van der Waals surface area contributed by atoms with Gasteiger partial charge < -0.3 is 5.32 Å². The molecule has 0 fully saturated rings. The number of sulfonamides is 1. The van der Waals surface area contributed by atoms with Gasteiger partial charge in [0.25, 0.3) is 0 Å². The zero-order valence-corrected chi connectivity index (χ0v) is 14.0. The SMILES string of the molecule is CCNc1ccc(S(=O)(=O)NCc2ccc(Br)s2)cn1. The van der Waals surface area contributed by atoms with Gasteiger partial charge in [0.05, 0.1) is 3.79 Å². The molecule has 2 N–H and O–H groups in total. The minimum absolute atomic E-state index is 0.162. The standard InChI is InChI=1S/C12H14BrN3O2S2/c1-2-14-12-6-4-10(8-15-12)20(17,18)16-7-9-3-5-11(13)19-9/h3-6,8,16H,2,7H2,1H3,(H,14,15). The van der Waals surface area contributed by atoms with Crippen molar-refractivity contribution in [2.24, 2.45) is 0 Å². The van der Waals surface area contributed by atoms with Crippen LogP contribution in [0, 0.1) is 0 Å². The largest absolute Gasteiger partial charge is 0.370 e. The lowest BCUT2D eigenvalue weighted by atomic mass is 10.4. The van der Waals surface area contributed by atoms with Crippen LogP contribution in [0.4, 0.5) is 5.82 Å². The summed E-state index contributed by atoms with van der Waals surface area (Å²) in [6.45, 7) is 2.96. The van der Waals surface area contributed by atoms with E-state index in [1.54, 1.807) is 6.07 Å². The predicted molar refractivity (Wildman–Crippen MR) is 84.4 cm³/mol. The van der Waals surface area contributed by atoms with Crippen LogP contribution < -0.4 is 10.0 Å². The number of rotatable bonds is 6. The molecule has 0 aromatic carbocycles. The fourth-order valence-electron chi connectivity index (χ4n) is 1.52. The lowest BCUT2D eigenvalue weighted by molar-refractivity contribution is 0.581. The molecule has 108 valence electrons. The molecule has 0 unspecified atom stereocenters.